The molecule has 0 unspecified atom stereocenters. The van der Waals surface area contributed by atoms with Gasteiger partial charge in [0, 0.05) is 12.3 Å². The zero-order chi connectivity index (χ0) is 23.9. The third kappa shape index (κ3) is 2.78. The van der Waals surface area contributed by atoms with Gasteiger partial charge in [-0.3, -0.25) is 4.79 Å². The summed E-state index contributed by atoms with van der Waals surface area (Å²) in [5, 5.41) is 0. The molecule has 4 aliphatic rings. The van der Waals surface area contributed by atoms with Gasteiger partial charge in [-0.05, 0) is 91.2 Å². The van der Waals surface area contributed by atoms with Crippen LogP contribution in [0.15, 0.2) is 53.4 Å². The highest BCUT2D eigenvalue weighted by Gasteiger charge is 2.74. The van der Waals surface area contributed by atoms with Crippen molar-refractivity contribution in [3.63, 3.8) is 0 Å². The Morgan fingerprint density at radius 1 is 1.03 bits per heavy atom. The number of hydrogen-bond acceptors (Lipinski definition) is 5. The molecule has 3 saturated carbocycles. The van der Waals surface area contributed by atoms with Gasteiger partial charge in [0.2, 0.25) is 0 Å². The molecule has 0 saturated heterocycles. The lowest BCUT2D eigenvalue weighted by Gasteiger charge is -2.51. The van der Waals surface area contributed by atoms with E-state index in [2.05, 4.69) is 13.0 Å². The molecule has 0 aromatic heterocycles. The van der Waals surface area contributed by atoms with Gasteiger partial charge in [0.1, 0.15) is 16.6 Å². The third-order valence-electron chi connectivity index (χ3n) is 9.63. The summed E-state index contributed by atoms with van der Waals surface area (Å²) in [6.07, 6.45) is 4.41. The zero-order valence-corrected chi connectivity index (χ0v) is 20.8. The van der Waals surface area contributed by atoms with Crippen LogP contribution in [-0.2, 0) is 24.1 Å². The molecule has 6 heteroatoms. The van der Waals surface area contributed by atoms with Crippen LogP contribution in [0.1, 0.15) is 63.0 Å². The molecule has 2 aromatic rings. The number of carbonyl (C=O) groups is 1. The molecule has 0 spiro atoms. The number of hydrogen-bond donors (Lipinski definition) is 0. The summed E-state index contributed by atoms with van der Waals surface area (Å²) in [6.45, 7) is 3.76. The molecule has 4 aliphatic carbocycles. The minimum Gasteiger partial charge on any atom is -0.497 e. The van der Waals surface area contributed by atoms with Crippen molar-refractivity contribution in [3.8, 4) is 5.75 Å². The van der Waals surface area contributed by atoms with E-state index in [1.807, 2.05) is 18.2 Å². The Bertz CT molecular complexity index is 1250. The molecule has 0 heterocycles. The molecule has 0 aliphatic heterocycles. The molecule has 0 bridgehead atoms. The van der Waals surface area contributed by atoms with Gasteiger partial charge in [0.15, 0.2) is 9.84 Å². The second-order valence-electron chi connectivity index (χ2n) is 11.0. The highest BCUT2D eigenvalue weighted by molar-refractivity contribution is 7.92. The number of methoxy groups -OCH3 is 1. The molecular weight excluding hydrogens is 448 g/mol. The molecule has 0 amide bonds. The van der Waals surface area contributed by atoms with Crippen LogP contribution in [0.2, 0.25) is 0 Å². The fourth-order valence-corrected chi connectivity index (χ4v) is 10.5. The van der Waals surface area contributed by atoms with Crippen LogP contribution >= 0.6 is 0 Å². The van der Waals surface area contributed by atoms with E-state index in [0.717, 1.165) is 31.2 Å². The first-order valence-electron chi connectivity index (χ1n) is 12.4. The molecule has 0 N–H and O–H groups in total. The standard InChI is InChI=1S/C28H32O5S/c1-17(29)33-25-12-11-22-26-21(13-14-27(22,25)2)20-10-9-18(32-3)15-23(20)28(16-24(26)28)34(30,31)19-7-5-4-6-8-19/h4-10,15,21-22,24-26H,11-14,16H2,1-3H3/t21-,22+,24-,25+,26-,27+,28-/m1/s1. The summed E-state index contributed by atoms with van der Waals surface area (Å²) in [5.41, 5.74) is 2.03. The van der Waals surface area contributed by atoms with Crippen molar-refractivity contribution in [2.24, 2.45) is 23.2 Å². The van der Waals surface area contributed by atoms with E-state index in [9.17, 15) is 13.2 Å². The van der Waals surface area contributed by atoms with Crippen LogP contribution in [0, 0.1) is 23.2 Å². The van der Waals surface area contributed by atoms with Gasteiger partial charge < -0.3 is 9.47 Å². The van der Waals surface area contributed by atoms with E-state index >= 15 is 0 Å². The summed E-state index contributed by atoms with van der Waals surface area (Å²) in [4.78, 5) is 12.2. The fraction of sp³-hybridized carbons (Fsp3) is 0.536. The van der Waals surface area contributed by atoms with Gasteiger partial charge in [-0.2, -0.15) is 0 Å². The van der Waals surface area contributed by atoms with Gasteiger partial charge >= 0.3 is 5.97 Å². The number of ether oxygens (including phenoxy) is 2. The largest absolute Gasteiger partial charge is 0.497 e. The number of carbonyl (C=O) groups excluding carboxylic acids is 1. The Hall–Kier alpha value is -2.34. The van der Waals surface area contributed by atoms with Gasteiger partial charge in [-0.25, -0.2) is 8.42 Å². The smallest absolute Gasteiger partial charge is 0.302 e. The Kier molecular flexibility index (Phi) is 4.77. The van der Waals surface area contributed by atoms with E-state index in [1.165, 1.54) is 12.5 Å². The van der Waals surface area contributed by atoms with Crippen LogP contribution in [0.3, 0.4) is 0 Å². The Balaban J connectivity index is 1.50. The Morgan fingerprint density at radius 3 is 2.50 bits per heavy atom. The molecule has 34 heavy (non-hydrogen) atoms. The van der Waals surface area contributed by atoms with Gasteiger partial charge in [-0.15, -0.1) is 0 Å². The normalized spacial score (nSPS) is 37.6. The second kappa shape index (κ2) is 7.33. The SMILES string of the molecule is COc1ccc2c(c1)[C@]1(S(=O)(=O)c3ccccc3)C[C@@H]1[C@@H]1[C@@H]2CC[C@]2(C)[C@@H](OC(C)=O)CC[C@@H]12. The molecule has 3 fully saturated rings. The molecule has 5 nitrogen and oxygen atoms in total. The van der Waals surface area contributed by atoms with E-state index in [4.69, 9.17) is 9.47 Å². The van der Waals surface area contributed by atoms with Crippen molar-refractivity contribution in [2.45, 2.75) is 67.6 Å². The number of benzene rings is 2. The Morgan fingerprint density at radius 2 is 1.79 bits per heavy atom. The van der Waals surface area contributed by atoms with Crippen molar-refractivity contribution in [3.05, 3.63) is 59.7 Å². The number of rotatable bonds is 4. The molecular formula is C28H32O5S. The number of fused-ring (bicyclic) bond motifs is 8. The van der Waals surface area contributed by atoms with Crippen molar-refractivity contribution in [1.29, 1.82) is 0 Å². The van der Waals surface area contributed by atoms with Crippen molar-refractivity contribution < 1.29 is 22.7 Å². The lowest BCUT2D eigenvalue weighted by atomic mass is 9.55. The molecule has 6 rings (SSSR count). The Labute approximate surface area is 201 Å². The van der Waals surface area contributed by atoms with E-state index in [1.54, 1.807) is 31.4 Å². The lowest BCUT2D eigenvalue weighted by molar-refractivity contribution is -0.155. The monoisotopic (exact) mass is 480 g/mol. The van der Waals surface area contributed by atoms with Crippen LogP contribution < -0.4 is 4.74 Å². The summed E-state index contributed by atoms with van der Waals surface area (Å²) in [7, 11) is -1.96. The second-order valence-corrected chi connectivity index (χ2v) is 13.2. The van der Waals surface area contributed by atoms with Crippen LogP contribution in [-0.4, -0.2) is 27.6 Å². The maximum Gasteiger partial charge on any atom is 0.302 e. The predicted octanol–water partition coefficient (Wildman–Crippen LogP) is 5.24. The topological polar surface area (TPSA) is 69.7 Å². The summed E-state index contributed by atoms with van der Waals surface area (Å²) >= 11 is 0. The molecule has 7 atom stereocenters. The fourth-order valence-electron chi connectivity index (χ4n) is 8.10. The minimum atomic E-state index is -3.60. The highest BCUT2D eigenvalue weighted by Crippen LogP contribution is 2.75. The number of esters is 1. The van der Waals surface area contributed by atoms with Crippen LogP contribution in [0.4, 0.5) is 0 Å². The predicted molar refractivity (Wildman–Crippen MR) is 128 cm³/mol. The molecule has 0 radical (unpaired) electrons. The number of sulfone groups is 1. The van der Waals surface area contributed by atoms with Crippen molar-refractivity contribution in [2.75, 3.05) is 7.11 Å². The van der Waals surface area contributed by atoms with Gasteiger partial charge in [0.25, 0.3) is 0 Å². The van der Waals surface area contributed by atoms with E-state index in [-0.39, 0.29) is 29.3 Å². The van der Waals surface area contributed by atoms with Gasteiger partial charge in [0.05, 0.1) is 12.0 Å². The first-order chi connectivity index (χ1) is 16.2. The minimum absolute atomic E-state index is 0.0722. The zero-order valence-electron chi connectivity index (χ0n) is 20.0. The quantitative estimate of drug-likeness (QED) is 0.560. The lowest BCUT2D eigenvalue weighted by Crippen LogP contribution is -2.47. The molecule has 2 aromatic carbocycles. The average molecular weight is 481 g/mol. The van der Waals surface area contributed by atoms with E-state index in [0.29, 0.717) is 28.9 Å². The first-order valence-corrected chi connectivity index (χ1v) is 13.9. The summed E-state index contributed by atoms with van der Waals surface area (Å²) in [5.74, 6) is 1.52. The first kappa shape index (κ1) is 22.1. The van der Waals surface area contributed by atoms with Crippen molar-refractivity contribution >= 4 is 15.8 Å². The molecule has 180 valence electrons. The van der Waals surface area contributed by atoms with Crippen LogP contribution in [0.5, 0.6) is 5.75 Å². The van der Waals surface area contributed by atoms with E-state index < -0.39 is 14.6 Å². The maximum absolute atomic E-state index is 14.3. The average Bonchev–Trinajstić information content (AvgIpc) is 3.53. The summed E-state index contributed by atoms with van der Waals surface area (Å²) < 4.78 is 39.0. The maximum atomic E-state index is 14.3. The summed E-state index contributed by atoms with van der Waals surface area (Å²) in [6, 6.07) is 15.0. The highest BCUT2D eigenvalue weighted by atomic mass is 32.2. The van der Waals surface area contributed by atoms with Crippen molar-refractivity contribution in [1.82, 2.24) is 0 Å². The van der Waals surface area contributed by atoms with Gasteiger partial charge in [-0.1, -0.05) is 31.2 Å². The third-order valence-corrected chi connectivity index (χ3v) is 12.2. The van der Waals surface area contributed by atoms with Crippen LogP contribution in [0.25, 0.3) is 0 Å².